The first-order valence-electron chi connectivity index (χ1n) is 5.94. The minimum atomic E-state index is 0.173. The van der Waals surface area contributed by atoms with Crippen molar-refractivity contribution in [1.29, 1.82) is 0 Å². The third-order valence-corrected chi connectivity index (χ3v) is 4.00. The van der Waals surface area contributed by atoms with Crippen molar-refractivity contribution in [2.24, 2.45) is 5.92 Å². The van der Waals surface area contributed by atoms with Gasteiger partial charge in [-0.15, -0.1) is 11.8 Å². The number of hydrogen-bond acceptors (Lipinski definition) is 2. The number of aromatic nitrogens is 1. The van der Waals surface area contributed by atoms with Gasteiger partial charge >= 0.3 is 0 Å². The summed E-state index contributed by atoms with van der Waals surface area (Å²) in [4.78, 5) is 15.0. The van der Waals surface area contributed by atoms with Gasteiger partial charge in [-0.2, -0.15) is 0 Å². The molecule has 0 amide bonds. The zero-order valence-electron chi connectivity index (χ0n) is 10.2. The molecule has 0 spiro atoms. The Bertz CT molecular complexity index is 485. The number of para-hydroxylation sites is 1. The molecular weight excluding hydrogens is 230 g/mol. The zero-order valence-corrected chi connectivity index (χ0v) is 11.0. The molecule has 2 rings (SSSR count). The highest BCUT2D eigenvalue weighted by Crippen LogP contribution is 2.23. The monoisotopic (exact) mass is 247 g/mol. The Labute approximate surface area is 106 Å². The Hall–Kier alpha value is -1.22. The number of benzene rings is 1. The summed E-state index contributed by atoms with van der Waals surface area (Å²) in [6, 6.07) is 10.3. The molecule has 0 radical (unpaired) electrons. The summed E-state index contributed by atoms with van der Waals surface area (Å²) in [7, 11) is 0. The molecule has 1 N–H and O–H groups in total. The van der Waals surface area contributed by atoms with Crippen molar-refractivity contribution in [3.8, 4) is 0 Å². The molecule has 0 saturated carbocycles. The molecule has 1 aromatic carbocycles. The number of thioether (sulfide) groups is 1. The normalized spacial score (nSPS) is 12.8. The van der Waals surface area contributed by atoms with Gasteiger partial charge in [0.2, 0.25) is 0 Å². The van der Waals surface area contributed by atoms with Gasteiger partial charge in [0.25, 0.3) is 0 Å². The lowest BCUT2D eigenvalue weighted by molar-refractivity contribution is -0.119. The van der Waals surface area contributed by atoms with Crippen LogP contribution >= 0.6 is 11.8 Å². The van der Waals surface area contributed by atoms with Crippen LogP contribution in [0.3, 0.4) is 0 Å². The molecule has 1 heterocycles. The van der Waals surface area contributed by atoms with Crippen LogP contribution in [0.1, 0.15) is 20.3 Å². The lowest BCUT2D eigenvalue weighted by Crippen LogP contribution is -2.12. The lowest BCUT2D eigenvalue weighted by atomic mass is 10.1. The third-order valence-electron chi connectivity index (χ3n) is 3.04. The molecule has 90 valence electrons. The Morgan fingerprint density at radius 2 is 2.18 bits per heavy atom. The van der Waals surface area contributed by atoms with E-state index in [1.807, 2.05) is 19.1 Å². The van der Waals surface area contributed by atoms with Crippen molar-refractivity contribution < 1.29 is 4.79 Å². The molecule has 0 aliphatic rings. The van der Waals surface area contributed by atoms with Crippen LogP contribution in [0.25, 0.3) is 10.9 Å². The van der Waals surface area contributed by atoms with Gasteiger partial charge in [-0.25, -0.2) is 0 Å². The van der Waals surface area contributed by atoms with Gasteiger partial charge in [0.1, 0.15) is 5.78 Å². The van der Waals surface area contributed by atoms with E-state index in [1.54, 1.807) is 11.8 Å². The molecule has 2 nitrogen and oxygen atoms in total. The molecule has 0 aliphatic carbocycles. The largest absolute Gasteiger partial charge is 0.350 e. The van der Waals surface area contributed by atoms with Crippen molar-refractivity contribution >= 4 is 28.4 Å². The number of aromatic amines is 1. The van der Waals surface area contributed by atoms with E-state index in [0.717, 1.165) is 17.0 Å². The zero-order chi connectivity index (χ0) is 12.3. The van der Waals surface area contributed by atoms with E-state index in [2.05, 4.69) is 30.1 Å². The highest BCUT2D eigenvalue weighted by molar-refractivity contribution is 7.99. The number of rotatable bonds is 5. The van der Waals surface area contributed by atoms with Crippen LogP contribution in [-0.2, 0) is 4.79 Å². The van der Waals surface area contributed by atoms with Crippen LogP contribution < -0.4 is 0 Å². The van der Waals surface area contributed by atoms with Crippen LogP contribution in [0.15, 0.2) is 35.4 Å². The molecule has 1 aromatic heterocycles. The Kier molecular flexibility index (Phi) is 3.89. The predicted molar refractivity (Wildman–Crippen MR) is 73.5 cm³/mol. The summed E-state index contributed by atoms with van der Waals surface area (Å²) in [6.45, 7) is 4.05. The number of ketones is 1. The maximum Gasteiger partial charge on any atom is 0.145 e. The summed E-state index contributed by atoms with van der Waals surface area (Å²) < 4.78 is 0. The van der Waals surface area contributed by atoms with Gasteiger partial charge in [-0.05, 0) is 18.6 Å². The van der Waals surface area contributed by atoms with Crippen molar-refractivity contribution in [3.05, 3.63) is 30.3 Å². The molecular formula is C14H17NOS. The fraction of sp³-hybridized carbons (Fsp3) is 0.357. The molecule has 3 heteroatoms. The second-order valence-electron chi connectivity index (χ2n) is 4.29. The van der Waals surface area contributed by atoms with E-state index in [-0.39, 0.29) is 5.92 Å². The average molecular weight is 247 g/mol. The van der Waals surface area contributed by atoms with E-state index in [4.69, 9.17) is 0 Å². The van der Waals surface area contributed by atoms with Crippen LogP contribution in [-0.4, -0.2) is 16.5 Å². The quantitative estimate of drug-likeness (QED) is 0.813. The first-order chi connectivity index (χ1) is 8.20. The molecule has 0 saturated heterocycles. The van der Waals surface area contributed by atoms with Crippen molar-refractivity contribution in [2.75, 3.05) is 5.75 Å². The molecule has 0 fully saturated rings. The summed E-state index contributed by atoms with van der Waals surface area (Å²) in [6.07, 6.45) is 0.923. The number of Topliss-reactive ketones (excluding diaryl/α,β-unsaturated/α-hetero) is 1. The first-order valence-corrected chi connectivity index (χ1v) is 6.92. The predicted octanol–water partition coefficient (Wildman–Crippen LogP) is 3.88. The minimum Gasteiger partial charge on any atom is -0.350 e. The van der Waals surface area contributed by atoms with Crippen LogP contribution in [0.2, 0.25) is 0 Å². The minimum absolute atomic E-state index is 0.173. The molecule has 17 heavy (non-hydrogen) atoms. The van der Waals surface area contributed by atoms with Crippen molar-refractivity contribution in [3.63, 3.8) is 0 Å². The van der Waals surface area contributed by atoms with E-state index >= 15 is 0 Å². The van der Waals surface area contributed by atoms with Crippen molar-refractivity contribution in [2.45, 2.75) is 25.3 Å². The van der Waals surface area contributed by atoms with Crippen LogP contribution in [0.4, 0.5) is 0 Å². The van der Waals surface area contributed by atoms with Gasteiger partial charge in [-0.1, -0.05) is 32.0 Å². The highest BCUT2D eigenvalue weighted by atomic mass is 32.2. The van der Waals surface area contributed by atoms with Crippen molar-refractivity contribution in [1.82, 2.24) is 4.98 Å². The van der Waals surface area contributed by atoms with Gasteiger partial charge in [0.15, 0.2) is 0 Å². The van der Waals surface area contributed by atoms with E-state index in [0.29, 0.717) is 11.5 Å². The van der Waals surface area contributed by atoms with Gasteiger partial charge in [0, 0.05) is 16.8 Å². The first kappa shape index (κ1) is 12.2. The summed E-state index contributed by atoms with van der Waals surface area (Å²) in [5.74, 6) is 1.06. The third kappa shape index (κ3) is 2.91. The van der Waals surface area contributed by atoms with Gasteiger partial charge in [-0.3, -0.25) is 4.79 Å². The second kappa shape index (κ2) is 5.41. The topological polar surface area (TPSA) is 32.9 Å². The summed E-state index contributed by atoms with van der Waals surface area (Å²) in [5.41, 5.74) is 1.13. The number of H-pyrrole nitrogens is 1. The van der Waals surface area contributed by atoms with Gasteiger partial charge in [0.05, 0.1) is 10.8 Å². The summed E-state index contributed by atoms with van der Waals surface area (Å²) >= 11 is 1.59. The van der Waals surface area contributed by atoms with E-state index in [9.17, 15) is 4.79 Å². The van der Waals surface area contributed by atoms with Crippen LogP contribution in [0.5, 0.6) is 0 Å². The van der Waals surface area contributed by atoms with Gasteiger partial charge < -0.3 is 4.98 Å². The highest BCUT2D eigenvalue weighted by Gasteiger charge is 2.11. The molecule has 0 bridgehead atoms. The number of fused-ring (bicyclic) bond motifs is 1. The Morgan fingerprint density at radius 1 is 1.41 bits per heavy atom. The van der Waals surface area contributed by atoms with E-state index in [1.165, 1.54) is 5.39 Å². The lowest BCUT2D eigenvalue weighted by Gasteiger charge is -2.05. The molecule has 2 aromatic rings. The maximum absolute atomic E-state index is 11.7. The number of carbonyl (C=O) groups excluding carboxylic acids is 1. The van der Waals surface area contributed by atoms with E-state index < -0.39 is 0 Å². The second-order valence-corrected chi connectivity index (χ2v) is 5.30. The number of hydrogen-bond donors (Lipinski definition) is 1. The molecule has 0 aliphatic heterocycles. The fourth-order valence-electron chi connectivity index (χ4n) is 1.64. The standard InChI is InChI=1S/C14H17NOS/c1-3-10(2)13(16)9-17-14-8-11-6-4-5-7-12(11)15-14/h4-8,10,15H,3,9H2,1-2H3. The summed E-state index contributed by atoms with van der Waals surface area (Å²) in [5, 5.41) is 2.27. The maximum atomic E-state index is 11.7. The smallest absolute Gasteiger partial charge is 0.145 e. The number of carbonyl (C=O) groups is 1. The Morgan fingerprint density at radius 3 is 2.88 bits per heavy atom. The Balaban J connectivity index is 2.02. The average Bonchev–Trinajstić information content (AvgIpc) is 2.77. The number of nitrogens with one attached hydrogen (secondary N) is 1. The SMILES string of the molecule is CCC(C)C(=O)CSc1cc2ccccc2[nH]1. The molecule has 1 atom stereocenters. The molecule has 1 unspecified atom stereocenters. The van der Waals surface area contributed by atoms with Crippen LogP contribution in [0, 0.1) is 5.92 Å². The fourth-order valence-corrected chi connectivity index (χ4v) is 2.62.